The highest BCUT2D eigenvalue weighted by Crippen LogP contribution is 2.15. The number of carbonyl (C=O) groups is 2. The molecule has 0 aromatic heterocycles. The number of carbonyl (C=O) groups excluding carboxylic acids is 2. The Morgan fingerprint density at radius 3 is 2.22 bits per heavy atom. The second kappa shape index (κ2) is 10.8. The molecule has 0 spiro atoms. The standard InChI is InChI=1S/C20H24N2O5/c1-3-26-12-13-27-18-10-8-16(9-11-18)21-14-19(23)22-17-6-4-15(5-7-17)20(24)25-2/h4-11,21H,3,12-14H2,1-2H3,(H,22,23). The SMILES string of the molecule is CCOCCOc1ccc(NCC(=O)Nc2ccc(C(=O)OC)cc2)cc1. The van der Waals surface area contributed by atoms with Crippen LogP contribution in [0.3, 0.4) is 0 Å². The number of ether oxygens (including phenoxy) is 3. The van der Waals surface area contributed by atoms with Gasteiger partial charge in [-0.2, -0.15) is 0 Å². The minimum absolute atomic E-state index is 0.114. The van der Waals surface area contributed by atoms with E-state index in [1.165, 1.54) is 7.11 Å². The van der Waals surface area contributed by atoms with Crippen LogP contribution in [0, 0.1) is 0 Å². The minimum atomic E-state index is -0.417. The summed E-state index contributed by atoms with van der Waals surface area (Å²) in [6.07, 6.45) is 0. The largest absolute Gasteiger partial charge is 0.491 e. The van der Waals surface area contributed by atoms with Crippen molar-refractivity contribution < 1.29 is 23.8 Å². The molecule has 7 heteroatoms. The fraction of sp³-hybridized carbons (Fsp3) is 0.300. The number of esters is 1. The van der Waals surface area contributed by atoms with Gasteiger partial charge in [-0.1, -0.05) is 0 Å². The first-order chi connectivity index (χ1) is 13.1. The molecule has 2 N–H and O–H groups in total. The summed E-state index contributed by atoms with van der Waals surface area (Å²) < 4.78 is 15.4. The van der Waals surface area contributed by atoms with Gasteiger partial charge in [-0.25, -0.2) is 4.79 Å². The van der Waals surface area contributed by atoms with Crippen LogP contribution < -0.4 is 15.4 Å². The summed E-state index contributed by atoms with van der Waals surface area (Å²) in [6.45, 7) is 3.77. The third-order valence-corrected chi connectivity index (χ3v) is 3.60. The molecule has 27 heavy (non-hydrogen) atoms. The number of methoxy groups -OCH3 is 1. The van der Waals surface area contributed by atoms with E-state index >= 15 is 0 Å². The van der Waals surface area contributed by atoms with E-state index in [0.717, 1.165) is 11.4 Å². The van der Waals surface area contributed by atoms with Crippen molar-refractivity contribution in [3.05, 3.63) is 54.1 Å². The van der Waals surface area contributed by atoms with Gasteiger partial charge in [-0.15, -0.1) is 0 Å². The summed E-state index contributed by atoms with van der Waals surface area (Å²) in [4.78, 5) is 23.4. The van der Waals surface area contributed by atoms with Crippen LogP contribution in [-0.2, 0) is 14.3 Å². The number of hydrogen-bond acceptors (Lipinski definition) is 6. The maximum Gasteiger partial charge on any atom is 0.337 e. The second-order valence-electron chi connectivity index (χ2n) is 5.54. The Kier molecular flexibility index (Phi) is 8.12. The molecule has 2 aromatic rings. The first-order valence-corrected chi connectivity index (χ1v) is 8.65. The molecule has 0 bridgehead atoms. The number of anilines is 2. The lowest BCUT2D eigenvalue weighted by molar-refractivity contribution is -0.114. The third-order valence-electron chi connectivity index (χ3n) is 3.60. The van der Waals surface area contributed by atoms with Crippen molar-refractivity contribution in [2.45, 2.75) is 6.92 Å². The summed E-state index contributed by atoms with van der Waals surface area (Å²) >= 11 is 0. The summed E-state index contributed by atoms with van der Waals surface area (Å²) in [5.41, 5.74) is 1.84. The molecule has 0 radical (unpaired) electrons. The lowest BCUT2D eigenvalue weighted by Gasteiger charge is -2.10. The average molecular weight is 372 g/mol. The normalized spacial score (nSPS) is 10.1. The van der Waals surface area contributed by atoms with E-state index in [9.17, 15) is 9.59 Å². The molecule has 144 valence electrons. The van der Waals surface area contributed by atoms with E-state index in [2.05, 4.69) is 15.4 Å². The molecule has 0 unspecified atom stereocenters. The van der Waals surface area contributed by atoms with Crippen LogP contribution >= 0.6 is 0 Å². The summed E-state index contributed by atoms with van der Waals surface area (Å²) in [7, 11) is 1.32. The minimum Gasteiger partial charge on any atom is -0.491 e. The highest BCUT2D eigenvalue weighted by molar-refractivity contribution is 5.95. The summed E-state index contributed by atoms with van der Waals surface area (Å²) in [6, 6.07) is 13.8. The van der Waals surface area contributed by atoms with Crippen molar-refractivity contribution in [1.82, 2.24) is 0 Å². The Bertz CT molecular complexity index is 729. The van der Waals surface area contributed by atoms with E-state index < -0.39 is 5.97 Å². The Morgan fingerprint density at radius 1 is 0.926 bits per heavy atom. The van der Waals surface area contributed by atoms with Crippen LogP contribution in [0.2, 0.25) is 0 Å². The molecule has 0 aliphatic carbocycles. The Morgan fingerprint density at radius 2 is 1.59 bits per heavy atom. The summed E-state index contributed by atoms with van der Waals surface area (Å²) in [5.74, 6) is 0.133. The van der Waals surface area contributed by atoms with Crippen molar-refractivity contribution in [3.63, 3.8) is 0 Å². The predicted octanol–water partition coefficient (Wildman–Crippen LogP) is 2.94. The molecule has 2 aromatic carbocycles. The third kappa shape index (κ3) is 6.99. The van der Waals surface area contributed by atoms with E-state index in [-0.39, 0.29) is 12.5 Å². The lowest BCUT2D eigenvalue weighted by Crippen LogP contribution is -2.21. The van der Waals surface area contributed by atoms with Crippen LogP contribution in [0.25, 0.3) is 0 Å². The number of rotatable bonds is 10. The molecular formula is C20H24N2O5. The van der Waals surface area contributed by atoms with Crippen LogP contribution in [0.15, 0.2) is 48.5 Å². The van der Waals surface area contributed by atoms with Crippen LogP contribution in [0.5, 0.6) is 5.75 Å². The molecule has 1 amide bonds. The molecule has 0 aliphatic heterocycles. The summed E-state index contributed by atoms with van der Waals surface area (Å²) in [5, 5.41) is 5.80. The zero-order chi connectivity index (χ0) is 19.5. The molecule has 0 heterocycles. The van der Waals surface area contributed by atoms with Crippen molar-refractivity contribution in [2.75, 3.05) is 44.1 Å². The van der Waals surface area contributed by atoms with E-state index in [1.54, 1.807) is 24.3 Å². The van der Waals surface area contributed by atoms with Gasteiger partial charge in [0.2, 0.25) is 5.91 Å². The van der Waals surface area contributed by atoms with Gasteiger partial charge in [-0.3, -0.25) is 4.79 Å². The Balaban J connectivity index is 1.75. The maximum atomic E-state index is 12.0. The number of benzene rings is 2. The zero-order valence-electron chi connectivity index (χ0n) is 15.5. The highest BCUT2D eigenvalue weighted by Gasteiger charge is 2.06. The van der Waals surface area contributed by atoms with Crippen molar-refractivity contribution in [2.24, 2.45) is 0 Å². The van der Waals surface area contributed by atoms with Gasteiger partial charge in [-0.05, 0) is 55.5 Å². The van der Waals surface area contributed by atoms with Gasteiger partial charge in [0, 0.05) is 18.0 Å². The molecular weight excluding hydrogens is 348 g/mol. The zero-order valence-corrected chi connectivity index (χ0v) is 15.5. The monoisotopic (exact) mass is 372 g/mol. The molecule has 0 saturated heterocycles. The van der Waals surface area contributed by atoms with E-state index in [4.69, 9.17) is 9.47 Å². The highest BCUT2D eigenvalue weighted by atomic mass is 16.5. The fourth-order valence-corrected chi connectivity index (χ4v) is 2.23. The second-order valence-corrected chi connectivity index (χ2v) is 5.54. The van der Waals surface area contributed by atoms with Gasteiger partial charge in [0.15, 0.2) is 0 Å². The average Bonchev–Trinajstić information content (AvgIpc) is 2.70. The smallest absolute Gasteiger partial charge is 0.337 e. The molecule has 2 rings (SSSR count). The predicted molar refractivity (Wildman–Crippen MR) is 103 cm³/mol. The number of nitrogens with one attached hydrogen (secondary N) is 2. The van der Waals surface area contributed by atoms with Crippen molar-refractivity contribution >= 4 is 23.3 Å². The fourth-order valence-electron chi connectivity index (χ4n) is 2.23. The first-order valence-electron chi connectivity index (χ1n) is 8.65. The molecule has 7 nitrogen and oxygen atoms in total. The van der Waals surface area contributed by atoms with Crippen LogP contribution in [-0.4, -0.2) is 45.4 Å². The maximum absolute atomic E-state index is 12.0. The first kappa shape index (κ1) is 20.3. The van der Waals surface area contributed by atoms with E-state index in [0.29, 0.717) is 31.1 Å². The molecule has 0 aliphatic rings. The van der Waals surface area contributed by atoms with Crippen LogP contribution in [0.4, 0.5) is 11.4 Å². The van der Waals surface area contributed by atoms with Gasteiger partial charge in [0.1, 0.15) is 12.4 Å². The number of hydrogen-bond donors (Lipinski definition) is 2. The molecule has 0 atom stereocenters. The molecule has 0 saturated carbocycles. The Hall–Kier alpha value is -3.06. The van der Waals surface area contributed by atoms with Crippen molar-refractivity contribution in [1.29, 1.82) is 0 Å². The number of amides is 1. The van der Waals surface area contributed by atoms with Gasteiger partial charge < -0.3 is 24.8 Å². The quantitative estimate of drug-likeness (QED) is 0.493. The van der Waals surface area contributed by atoms with Crippen molar-refractivity contribution in [3.8, 4) is 5.75 Å². The van der Waals surface area contributed by atoms with E-state index in [1.807, 2.05) is 31.2 Å². The lowest BCUT2D eigenvalue weighted by atomic mass is 10.2. The van der Waals surface area contributed by atoms with Gasteiger partial charge in [0.05, 0.1) is 25.8 Å². The van der Waals surface area contributed by atoms with Gasteiger partial charge >= 0.3 is 5.97 Å². The molecule has 0 fully saturated rings. The topological polar surface area (TPSA) is 85.9 Å². The Labute approximate surface area is 158 Å². The van der Waals surface area contributed by atoms with Gasteiger partial charge in [0.25, 0.3) is 0 Å². The van der Waals surface area contributed by atoms with Crippen LogP contribution in [0.1, 0.15) is 17.3 Å².